The second-order valence-electron chi connectivity index (χ2n) is 7.59. The summed E-state index contributed by atoms with van der Waals surface area (Å²) in [5, 5.41) is 2.64. The van der Waals surface area contributed by atoms with Crippen LogP contribution < -0.4 is 10.2 Å². The molecule has 0 atom stereocenters. The maximum absolute atomic E-state index is 13.2. The van der Waals surface area contributed by atoms with Gasteiger partial charge in [0.25, 0.3) is 0 Å². The van der Waals surface area contributed by atoms with Crippen LogP contribution in [0.25, 0.3) is 22.9 Å². The summed E-state index contributed by atoms with van der Waals surface area (Å²) in [5.41, 5.74) is -1.48. The molecule has 0 amide bonds. The van der Waals surface area contributed by atoms with Crippen molar-refractivity contribution in [1.82, 2.24) is 29.9 Å². The van der Waals surface area contributed by atoms with Crippen LogP contribution in [0.15, 0.2) is 55.0 Å². The van der Waals surface area contributed by atoms with Crippen LogP contribution in [0, 0.1) is 0 Å². The first-order valence-corrected chi connectivity index (χ1v) is 10.1. The van der Waals surface area contributed by atoms with Gasteiger partial charge in [0.05, 0.1) is 11.9 Å². The van der Waals surface area contributed by atoms with Crippen molar-refractivity contribution in [3.63, 3.8) is 0 Å². The van der Waals surface area contributed by atoms with Gasteiger partial charge in [-0.25, -0.2) is 9.97 Å². The van der Waals surface area contributed by atoms with Crippen molar-refractivity contribution in [1.29, 1.82) is 0 Å². The highest BCUT2D eigenvalue weighted by Crippen LogP contribution is 2.31. The number of hydrogen-bond donors (Lipinski definition) is 1. The number of pyridine rings is 3. The summed E-state index contributed by atoms with van der Waals surface area (Å²) >= 11 is 0. The molecule has 0 bridgehead atoms. The van der Waals surface area contributed by atoms with Gasteiger partial charge in [0, 0.05) is 37.7 Å². The van der Waals surface area contributed by atoms with E-state index in [0.717, 1.165) is 24.4 Å². The van der Waals surface area contributed by atoms with Crippen LogP contribution in [0.1, 0.15) is 11.4 Å². The molecule has 4 aromatic heterocycles. The number of nitrogens with one attached hydrogen (secondary N) is 1. The van der Waals surface area contributed by atoms with E-state index in [4.69, 9.17) is 0 Å². The van der Waals surface area contributed by atoms with Gasteiger partial charge in [0.15, 0.2) is 11.6 Å². The third-order valence-electron chi connectivity index (χ3n) is 4.71. The summed E-state index contributed by atoms with van der Waals surface area (Å²) in [6.45, 7) is 0. The molecule has 8 nitrogen and oxygen atoms in total. The van der Waals surface area contributed by atoms with Crippen LogP contribution in [-0.2, 0) is 12.4 Å². The molecule has 186 valence electrons. The lowest BCUT2D eigenvalue weighted by molar-refractivity contribution is -0.141. The molecule has 0 spiro atoms. The molecule has 4 aromatic rings. The molecule has 0 saturated heterocycles. The number of anilines is 3. The Labute approximate surface area is 200 Å². The fourth-order valence-electron chi connectivity index (χ4n) is 2.98. The second kappa shape index (κ2) is 9.36. The maximum atomic E-state index is 13.2. The minimum Gasteiger partial charge on any atom is -0.376 e. The normalized spacial score (nSPS) is 11.9. The van der Waals surface area contributed by atoms with Crippen molar-refractivity contribution in [2.75, 3.05) is 24.3 Å². The first-order chi connectivity index (χ1) is 16.9. The summed E-state index contributed by atoms with van der Waals surface area (Å²) in [7, 11) is 3.56. The average Bonchev–Trinajstić information content (AvgIpc) is 2.83. The van der Waals surface area contributed by atoms with Crippen LogP contribution >= 0.6 is 0 Å². The Morgan fingerprint density at radius 2 is 1.50 bits per heavy atom. The first-order valence-electron chi connectivity index (χ1n) is 10.1. The lowest BCUT2D eigenvalue weighted by Crippen LogP contribution is -2.11. The molecule has 36 heavy (non-hydrogen) atoms. The Morgan fingerprint density at radius 3 is 2.19 bits per heavy atom. The van der Waals surface area contributed by atoms with Gasteiger partial charge in [-0.05, 0) is 30.3 Å². The quantitative estimate of drug-likeness (QED) is 0.368. The first kappa shape index (κ1) is 24.8. The number of rotatable bonds is 5. The minimum atomic E-state index is -4.71. The van der Waals surface area contributed by atoms with E-state index in [0.29, 0.717) is 11.3 Å². The third kappa shape index (κ3) is 5.64. The van der Waals surface area contributed by atoms with E-state index in [-0.39, 0.29) is 29.0 Å². The zero-order valence-corrected chi connectivity index (χ0v) is 18.6. The summed E-state index contributed by atoms with van der Waals surface area (Å²) in [5.74, 6) is -0.430. The van der Waals surface area contributed by atoms with Gasteiger partial charge in [0.2, 0.25) is 5.95 Å². The number of hydrogen-bond acceptors (Lipinski definition) is 8. The van der Waals surface area contributed by atoms with Crippen molar-refractivity contribution < 1.29 is 26.3 Å². The summed E-state index contributed by atoms with van der Waals surface area (Å²) in [6, 6.07) is 6.92. The van der Waals surface area contributed by atoms with E-state index in [1.807, 2.05) is 0 Å². The number of halogens is 6. The van der Waals surface area contributed by atoms with E-state index in [1.54, 1.807) is 31.3 Å². The zero-order valence-electron chi connectivity index (χ0n) is 18.6. The van der Waals surface area contributed by atoms with Crippen LogP contribution in [0.5, 0.6) is 0 Å². The number of alkyl halides is 6. The number of nitrogens with zero attached hydrogens (tertiary/aromatic N) is 7. The Morgan fingerprint density at radius 1 is 0.778 bits per heavy atom. The SMILES string of the molecule is CN(C)c1cncc(-c2nc(Nc3ccnc(C(F)(F)F)c3)nc(-c3cccc(C(F)(F)F)n3)n2)c1. The van der Waals surface area contributed by atoms with E-state index in [2.05, 4.69) is 35.2 Å². The molecule has 0 aliphatic heterocycles. The molecule has 0 aliphatic rings. The summed E-state index contributed by atoms with van der Waals surface area (Å²) < 4.78 is 78.8. The molecule has 4 rings (SSSR count). The van der Waals surface area contributed by atoms with Crippen molar-refractivity contribution in [2.45, 2.75) is 12.4 Å². The molecule has 14 heteroatoms. The van der Waals surface area contributed by atoms with E-state index in [9.17, 15) is 26.3 Å². The molecular weight excluding hydrogens is 490 g/mol. The molecule has 0 radical (unpaired) electrons. The average molecular weight is 506 g/mol. The fourth-order valence-corrected chi connectivity index (χ4v) is 2.98. The molecule has 0 aliphatic carbocycles. The van der Waals surface area contributed by atoms with E-state index in [1.165, 1.54) is 18.3 Å². The van der Waals surface area contributed by atoms with E-state index >= 15 is 0 Å². The van der Waals surface area contributed by atoms with Crippen molar-refractivity contribution in [3.05, 3.63) is 66.4 Å². The van der Waals surface area contributed by atoms with Gasteiger partial charge in [-0.1, -0.05) is 6.07 Å². The van der Waals surface area contributed by atoms with Crippen LogP contribution in [0.3, 0.4) is 0 Å². The lowest BCUT2D eigenvalue weighted by Gasteiger charge is -2.14. The van der Waals surface area contributed by atoms with Gasteiger partial charge in [-0.2, -0.15) is 36.3 Å². The predicted molar refractivity (Wildman–Crippen MR) is 118 cm³/mol. The summed E-state index contributed by atoms with van der Waals surface area (Å²) in [4.78, 5) is 25.4. The molecule has 0 aromatic carbocycles. The smallest absolute Gasteiger partial charge is 0.376 e. The van der Waals surface area contributed by atoms with Crippen LogP contribution in [0.4, 0.5) is 43.7 Å². The molecule has 0 unspecified atom stereocenters. The van der Waals surface area contributed by atoms with Gasteiger partial charge in [0.1, 0.15) is 17.1 Å². The molecule has 0 saturated carbocycles. The Hall–Kier alpha value is -4.36. The minimum absolute atomic E-state index is 0.0167. The Kier molecular flexibility index (Phi) is 6.43. The molecule has 1 N–H and O–H groups in total. The van der Waals surface area contributed by atoms with E-state index < -0.39 is 23.7 Å². The number of aromatic nitrogens is 6. The molecule has 4 heterocycles. The third-order valence-corrected chi connectivity index (χ3v) is 4.71. The highest BCUT2D eigenvalue weighted by atomic mass is 19.4. The Balaban J connectivity index is 1.83. The summed E-state index contributed by atoms with van der Waals surface area (Å²) in [6.07, 6.45) is -5.43. The van der Waals surface area contributed by atoms with Crippen LogP contribution in [-0.4, -0.2) is 44.0 Å². The van der Waals surface area contributed by atoms with Crippen molar-refractivity contribution in [3.8, 4) is 22.9 Å². The topological polar surface area (TPSA) is 92.6 Å². The largest absolute Gasteiger partial charge is 0.433 e. The van der Waals surface area contributed by atoms with Gasteiger partial charge in [-0.3, -0.25) is 9.97 Å². The predicted octanol–water partition coefficient (Wildman–Crippen LogP) is 5.24. The van der Waals surface area contributed by atoms with Gasteiger partial charge < -0.3 is 10.2 Å². The molecular formula is C22H16F6N8. The second-order valence-corrected chi connectivity index (χ2v) is 7.59. The highest BCUT2D eigenvalue weighted by molar-refractivity contribution is 5.66. The highest BCUT2D eigenvalue weighted by Gasteiger charge is 2.33. The molecule has 0 fully saturated rings. The zero-order chi connectivity index (χ0) is 26.1. The van der Waals surface area contributed by atoms with Gasteiger partial charge >= 0.3 is 12.4 Å². The monoisotopic (exact) mass is 506 g/mol. The van der Waals surface area contributed by atoms with Crippen LogP contribution in [0.2, 0.25) is 0 Å². The van der Waals surface area contributed by atoms with Crippen molar-refractivity contribution in [2.24, 2.45) is 0 Å². The van der Waals surface area contributed by atoms with Crippen molar-refractivity contribution >= 4 is 17.3 Å². The Bertz CT molecular complexity index is 1390. The van der Waals surface area contributed by atoms with Gasteiger partial charge in [-0.15, -0.1) is 0 Å². The maximum Gasteiger partial charge on any atom is 0.433 e. The lowest BCUT2D eigenvalue weighted by atomic mass is 10.2. The fraction of sp³-hybridized carbons (Fsp3) is 0.182. The standard InChI is InChI=1S/C22H16F6N8/c1-36(2)14-8-12(10-29-11-14)18-33-19(15-4-3-5-16(32-15)21(23,24)25)35-20(34-18)31-13-6-7-30-17(9-13)22(26,27)28/h3-11H,1-2H3,(H,30,31,33,34,35).